The quantitative estimate of drug-likeness (QED) is 0.904. The van der Waals surface area contributed by atoms with E-state index in [4.69, 9.17) is 4.74 Å². The van der Waals surface area contributed by atoms with Crippen LogP contribution in [0.1, 0.15) is 11.1 Å². The zero-order chi connectivity index (χ0) is 17.0. The van der Waals surface area contributed by atoms with E-state index in [1.807, 2.05) is 49.4 Å². The minimum Gasteiger partial charge on any atom is -0.378 e. The monoisotopic (exact) mass is 346 g/mol. The molecule has 2 aromatic rings. The summed E-state index contributed by atoms with van der Waals surface area (Å²) in [5, 5.41) is 0. The first-order chi connectivity index (χ1) is 11.5. The van der Waals surface area contributed by atoms with Crippen molar-refractivity contribution in [1.82, 2.24) is 0 Å². The van der Waals surface area contributed by atoms with E-state index in [0.717, 1.165) is 29.9 Å². The van der Waals surface area contributed by atoms with Gasteiger partial charge < -0.3 is 9.64 Å². The predicted molar refractivity (Wildman–Crippen MR) is 96.9 cm³/mol. The first-order valence-corrected chi connectivity index (χ1v) is 9.66. The molecule has 0 saturated carbocycles. The highest BCUT2D eigenvalue weighted by atomic mass is 32.2. The van der Waals surface area contributed by atoms with Crippen LogP contribution in [-0.4, -0.2) is 34.7 Å². The van der Waals surface area contributed by atoms with Gasteiger partial charge in [-0.2, -0.15) is 0 Å². The molecule has 0 spiro atoms. The lowest BCUT2D eigenvalue weighted by Gasteiger charge is -2.29. The van der Waals surface area contributed by atoms with Crippen molar-refractivity contribution in [3.05, 3.63) is 59.7 Å². The van der Waals surface area contributed by atoms with Crippen LogP contribution in [-0.2, 0) is 20.5 Å². The fourth-order valence-corrected chi connectivity index (χ4v) is 3.90. The van der Waals surface area contributed by atoms with Crippen LogP contribution in [0.3, 0.4) is 0 Å². The molecule has 1 heterocycles. The number of hydrogen-bond donors (Lipinski definition) is 1. The summed E-state index contributed by atoms with van der Waals surface area (Å²) in [6.45, 7) is 5.01. The topological polar surface area (TPSA) is 58.6 Å². The zero-order valence-corrected chi connectivity index (χ0v) is 14.6. The summed E-state index contributed by atoms with van der Waals surface area (Å²) in [5.74, 6) is -0.0327. The third-order valence-corrected chi connectivity index (χ3v) is 5.23. The number of ether oxygens (including phenoxy) is 1. The third-order valence-electron chi connectivity index (χ3n) is 3.97. The number of nitrogens with zero attached hydrogens (tertiary/aromatic N) is 1. The molecule has 128 valence electrons. The van der Waals surface area contributed by atoms with Crippen LogP contribution >= 0.6 is 0 Å². The summed E-state index contributed by atoms with van der Waals surface area (Å²) in [6.07, 6.45) is 0. The normalized spacial score (nSPS) is 15.3. The van der Waals surface area contributed by atoms with Gasteiger partial charge in [0, 0.05) is 18.8 Å². The summed E-state index contributed by atoms with van der Waals surface area (Å²) in [5.41, 5.74) is 3.49. The molecule has 1 fully saturated rings. The van der Waals surface area contributed by atoms with E-state index in [1.165, 1.54) is 0 Å². The maximum Gasteiger partial charge on any atom is 0.236 e. The fourth-order valence-electron chi connectivity index (χ4n) is 2.71. The van der Waals surface area contributed by atoms with Crippen LogP contribution in [0, 0.1) is 6.92 Å². The minimum atomic E-state index is -3.44. The first-order valence-electron chi connectivity index (χ1n) is 8.01. The Bertz CT molecular complexity index is 782. The van der Waals surface area contributed by atoms with Crippen molar-refractivity contribution in [2.45, 2.75) is 12.7 Å². The molecule has 3 rings (SSSR count). The number of aryl methyl sites for hydroxylation is 1. The van der Waals surface area contributed by atoms with Gasteiger partial charge in [-0.25, -0.2) is 8.42 Å². The Hall–Kier alpha value is -2.05. The van der Waals surface area contributed by atoms with E-state index in [9.17, 15) is 8.42 Å². The van der Waals surface area contributed by atoms with E-state index < -0.39 is 10.0 Å². The summed E-state index contributed by atoms with van der Waals surface area (Å²) in [4.78, 5) is 2.20. The minimum absolute atomic E-state index is 0.0327. The van der Waals surface area contributed by atoms with E-state index in [1.54, 1.807) is 6.07 Å². The summed E-state index contributed by atoms with van der Waals surface area (Å²) >= 11 is 0. The van der Waals surface area contributed by atoms with Gasteiger partial charge in [0.2, 0.25) is 10.0 Å². The second-order valence-corrected chi connectivity index (χ2v) is 7.72. The van der Waals surface area contributed by atoms with Crippen molar-refractivity contribution < 1.29 is 13.2 Å². The molecule has 1 N–H and O–H groups in total. The van der Waals surface area contributed by atoms with Crippen LogP contribution < -0.4 is 9.62 Å². The lowest BCUT2D eigenvalue weighted by molar-refractivity contribution is 0.122. The van der Waals surface area contributed by atoms with E-state index in [0.29, 0.717) is 18.9 Å². The SMILES string of the molecule is Cc1ccc(CS(=O)(=O)Nc2cccc(N3CCOCC3)c2)cc1. The van der Waals surface area contributed by atoms with Gasteiger partial charge >= 0.3 is 0 Å². The van der Waals surface area contributed by atoms with Crippen LogP contribution in [0.4, 0.5) is 11.4 Å². The van der Waals surface area contributed by atoms with Gasteiger partial charge in [0.1, 0.15) is 0 Å². The maximum atomic E-state index is 12.4. The van der Waals surface area contributed by atoms with Gasteiger partial charge in [-0.05, 0) is 30.7 Å². The Morgan fingerprint density at radius 1 is 1.08 bits per heavy atom. The molecule has 1 aliphatic heterocycles. The highest BCUT2D eigenvalue weighted by molar-refractivity contribution is 7.91. The van der Waals surface area contributed by atoms with Crippen LogP contribution in [0.5, 0.6) is 0 Å². The van der Waals surface area contributed by atoms with Gasteiger partial charge in [-0.1, -0.05) is 35.9 Å². The van der Waals surface area contributed by atoms with Crippen molar-refractivity contribution in [3.8, 4) is 0 Å². The summed E-state index contributed by atoms with van der Waals surface area (Å²) in [6, 6.07) is 15.0. The zero-order valence-electron chi connectivity index (χ0n) is 13.7. The first kappa shape index (κ1) is 16.8. The van der Waals surface area contributed by atoms with Gasteiger partial charge in [0.05, 0.1) is 24.7 Å². The molecule has 6 heteroatoms. The van der Waals surface area contributed by atoms with Crippen molar-refractivity contribution in [2.75, 3.05) is 35.9 Å². The number of hydrogen-bond acceptors (Lipinski definition) is 4. The number of sulfonamides is 1. The van der Waals surface area contributed by atoms with Crippen LogP contribution in [0.25, 0.3) is 0 Å². The molecule has 0 radical (unpaired) electrons. The lowest BCUT2D eigenvalue weighted by Crippen LogP contribution is -2.36. The summed E-state index contributed by atoms with van der Waals surface area (Å²) < 4.78 is 32.8. The third kappa shape index (κ3) is 4.49. The second kappa shape index (κ2) is 7.23. The average molecular weight is 346 g/mol. The van der Waals surface area contributed by atoms with Gasteiger partial charge in [-0.3, -0.25) is 4.72 Å². The molecule has 0 bridgehead atoms. The number of rotatable bonds is 5. The molecule has 1 aliphatic rings. The van der Waals surface area contributed by atoms with Gasteiger partial charge in [-0.15, -0.1) is 0 Å². The van der Waals surface area contributed by atoms with Crippen molar-refractivity contribution in [2.24, 2.45) is 0 Å². The smallest absolute Gasteiger partial charge is 0.236 e. The molecule has 24 heavy (non-hydrogen) atoms. The van der Waals surface area contributed by atoms with Gasteiger partial charge in [0.15, 0.2) is 0 Å². The fraction of sp³-hybridized carbons (Fsp3) is 0.333. The molecule has 0 unspecified atom stereocenters. The molecule has 0 aliphatic carbocycles. The molecule has 1 saturated heterocycles. The van der Waals surface area contributed by atoms with Crippen molar-refractivity contribution in [3.63, 3.8) is 0 Å². The highest BCUT2D eigenvalue weighted by Gasteiger charge is 2.14. The molecule has 5 nitrogen and oxygen atoms in total. The number of morpholine rings is 1. The molecule has 0 amide bonds. The Morgan fingerprint density at radius 2 is 1.79 bits per heavy atom. The molecule has 2 aromatic carbocycles. The number of benzene rings is 2. The highest BCUT2D eigenvalue weighted by Crippen LogP contribution is 2.22. The molecular weight excluding hydrogens is 324 g/mol. The largest absolute Gasteiger partial charge is 0.378 e. The Morgan fingerprint density at radius 3 is 2.50 bits per heavy atom. The van der Waals surface area contributed by atoms with Crippen LogP contribution in [0.15, 0.2) is 48.5 Å². The van der Waals surface area contributed by atoms with E-state index in [-0.39, 0.29) is 5.75 Å². The van der Waals surface area contributed by atoms with E-state index >= 15 is 0 Å². The Labute approximate surface area is 143 Å². The lowest BCUT2D eigenvalue weighted by atomic mass is 10.2. The molecular formula is C18H22N2O3S. The van der Waals surface area contributed by atoms with Gasteiger partial charge in [0.25, 0.3) is 0 Å². The van der Waals surface area contributed by atoms with E-state index in [2.05, 4.69) is 9.62 Å². The predicted octanol–water partition coefficient (Wildman–Crippen LogP) is 2.77. The second-order valence-electron chi connectivity index (χ2n) is 6.00. The van der Waals surface area contributed by atoms with Crippen molar-refractivity contribution in [1.29, 1.82) is 0 Å². The Balaban J connectivity index is 1.71. The van der Waals surface area contributed by atoms with Crippen molar-refractivity contribution >= 4 is 21.4 Å². The number of nitrogens with one attached hydrogen (secondary N) is 1. The Kier molecular flexibility index (Phi) is 5.06. The standard InChI is InChI=1S/C18H22N2O3S/c1-15-5-7-16(8-6-15)14-24(21,22)19-17-3-2-4-18(13-17)20-9-11-23-12-10-20/h2-8,13,19H,9-12,14H2,1H3. The number of anilines is 2. The maximum absolute atomic E-state index is 12.4. The molecule has 0 aromatic heterocycles. The van der Waals surface area contributed by atoms with Crippen LogP contribution in [0.2, 0.25) is 0 Å². The summed E-state index contributed by atoms with van der Waals surface area (Å²) in [7, 11) is -3.44. The average Bonchev–Trinajstić information content (AvgIpc) is 2.57. The molecule has 0 atom stereocenters.